The molecule has 6 heteroatoms. The maximum absolute atomic E-state index is 5.71. The molecule has 2 aromatic rings. The average Bonchev–Trinajstić information content (AvgIpc) is 2.71. The highest BCUT2D eigenvalue weighted by atomic mass is 15.3. The van der Waals surface area contributed by atoms with Crippen molar-refractivity contribution in [1.82, 2.24) is 19.7 Å². The molecule has 0 spiro atoms. The van der Waals surface area contributed by atoms with Crippen molar-refractivity contribution in [3.8, 4) is 0 Å². The third-order valence-corrected chi connectivity index (χ3v) is 2.72. The molecular weight excluding hydrogens is 216 g/mol. The van der Waals surface area contributed by atoms with Crippen LogP contribution in [0.3, 0.4) is 0 Å². The molecule has 0 aliphatic carbocycles. The quantitative estimate of drug-likeness (QED) is 0.813. The van der Waals surface area contributed by atoms with Crippen LogP contribution < -0.4 is 11.1 Å². The Hall–Kier alpha value is -2.11. The van der Waals surface area contributed by atoms with Crippen LogP contribution in [0.4, 0.5) is 11.6 Å². The Morgan fingerprint density at radius 1 is 1.41 bits per heavy atom. The first-order valence-electron chi connectivity index (χ1n) is 5.46. The minimum Gasteiger partial charge on any atom is -0.383 e. The molecule has 0 bridgehead atoms. The van der Waals surface area contributed by atoms with Crippen molar-refractivity contribution in [2.24, 2.45) is 7.05 Å². The van der Waals surface area contributed by atoms with Crippen LogP contribution in [-0.4, -0.2) is 26.3 Å². The summed E-state index contributed by atoms with van der Waals surface area (Å²) < 4.78 is 1.86. The monoisotopic (exact) mass is 232 g/mol. The second-order valence-corrected chi connectivity index (χ2v) is 3.86. The van der Waals surface area contributed by atoms with Gasteiger partial charge in [0.15, 0.2) is 0 Å². The molecular formula is C11H16N6. The molecule has 0 aliphatic rings. The van der Waals surface area contributed by atoms with E-state index in [1.165, 1.54) is 12.0 Å². The van der Waals surface area contributed by atoms with Crippen LogP contribution in [0.25, 0.3) is 0 Å². The molecule has 17 heavy (non-hydrogen) atoms. The molecule has 0 saturated heterocycles. The van der Waals surface area contributed by atoms with Gasteiger partial charge in [0.2, 0.25) is 0 Å². The van der Waals surface area contributed by atoms with E-state index < -0.39 is 0 Å². The van der Waals surface area contributed by atoms with Gasteiger partial charge in [0, 0.05) is 37.5 Å². The zero-order valence-electron chi connectivity index (χ0n) is 10.0. The highest BCUT2D eigenvalue weighted by Gasteiger charge is 2.04. The third kappa shape index (κ3) is 2.52. The van der Waals surface area contributed by atoms with Crippen LogP contribution >= 0.6 is 0 Å². The van der Waals surface area contributed by atoms with Crippen LogP contribution in [0.2, 0.25) is 0 Å². The van der Waals surface area contributed by atoms with Crippen LogP contribution in [-0.2, 0) is 13.5 Å². The summed E-state index contributed by atoms with van der Waals surface area (Å²) in [5, 5.41) is 7.36. The second kappa shape index (κ2) is 4.82. The van der Waals surface area contributed by atoms with E-state index in [4.69, 9.17) is 5.73 Å². The molecule has 2 heterocycles. The van der Waals surface area contributed by atoms with E-state index in [0.717, 1.165) is 24.3 Å². The fourth-order valence-corrected chi connectivity index (χ4v) is 1.60. The number of rotatable bonds is 4. The van der Waals surface area contributed by atoms with Gasteiger partial charge in [-0.2, -0.15) is 5.10 Å². The van der Waals surface area contributed by atoms with E-state index in [-0.39, 0.29) is 0 Å². The predicted molar refractivity (Wildman–Crippen MR) is 66.6 cm³/mol. The minimum absolute atomic E-state index is 0.517. The lowest BCUT2D eigenvalue weighted by molar-refractivity contribution is 0.711. The Kier molecular flexibility index (Phi) is 3.22. The molecule has 0 aromatic carbocycles. The molecule has 6 nitrogen and oxygen atoms in total. The molecule has 0 aliphatic heterocycles. The van der Waals surface area contributed by atoms with Gasteiger partial charge < -0.3 is 11.1 Å². The number of aryl methyl sites for hydroxylation is 1. The van der Waals surface area contributed by atoms with E-state index >= 15 is 0 Å². The van der Waals surface area contributed by atoms with E-state index in [0.29, 0.717) is 5.82 Å². The minimum atomic E-state index is 0.517. The van der Waals surface area contributed by atoms with Crippen molar-refractivity contribution in [3.05, 3.63) is 29.8 Å². The average molecular weight is 232 g/mol. The van der Waals surface area contributed by atoms with Crippen LogP contribution in [0.15, 0.2) is 18.6 Å². The first kappa shape index (κ1) is 11.4. The molecule has 90 valence electrons. The smallest absolute Gasteiger partial charge is 0.134 e. The van der Waals surface area contributed by atoms with Gasteiger partial charge in [-0.3, -0.25) is 4.68 Å². The summed E-state index contributed by atoms with van der Waals surface area (Å²) in [6.07, 6.45) is 4.15. The Morgan fingerprint density at radius 3 is 2.94 bits per heavy atom. The zero-order chi connectivity index (χ0) is 12.3. The van der Waals surface area contributed by atoms with E-state index in [9.17, 15) is 0 Å². The number of anilines is 2. The maximum Gasteiger partial charge on any atom is 0.134 e. The standard InChI is InChI=1S/C11H16N6/c1-8-10(12)14-7-15-11(8)13-5-3-9-4-6-16-17(9)2/h4,6-7H,3,5H2,1-2H3,(H3,12,13,14,15). The molecule has 0 radical (unpaired) electrons. The molecule has 0 saturated carbocycles. The van der Waals surface area contributed by atoms with Gasteiger partial charge in [0.05, 0.1) is 0 Å². The van der Waals surface area contributed by atoms with Crippen molar-refractivity contribution >= 4 is 11.6 Å². The fourth-order valence-electron chi connectivity index (χ4n) is 1.60. The summed E-state index contributed by atoms with van der Waals surface area (Å²) in [6, 6.07) is 2.00. The van der Waals surface area contributed by atoms with Crippen LogP contribution in [0, 0.1) is 6.92 Å². The Morgan fingerprint density at radius 2 is 2.24 bits per heavy atom. The Balaban J connectivity index is 1.95. The molecule has 0 fully saturated rings. The number of nitrogen functional groups attached to an aromatic ring is 1. The summed E-state index contributed by atoms with van der Waals surface area (Å²) in [4.78, 5) is 8.08. The van der Waals surface area contributed by atoms with Crippen molar-refractivity contribution < 1.29 is 0 Å². The number of nitrogens with two attached hydrogens (primary N) is 1. The lowest BCUT2D eigenvalue weighted by Crippen LogP contribution is -2.11. The summed E-state index contributed by atoms with van der Waals surface area (Å²) in [5.41, 5.74) is 7.77. The number of aromatic nitrogens is 4. The van der Waals surface area contributed by atoms with Crippen molar-refractivity contribution in [2.75, 3.05) is 17.6 Å². The third-order valence-electron chi connectivity index (χ3n) is 2.72. The summed E-state index contributed by atoms with van der Waals surface area (Å²) >= 11 is 0. The molecule has 2 aromatic heterocycles. The summed E-state index contributed by atoms with van der Waals surface area (Å²) in [7, 11) is 1.93. The predicted octanol–water partition coefficient (Wildman–Crippen LogP) is 0.755. The SMILES string of the molecule is Cc1c(N)ncnc1NCCc1ccnn1C. The lowest BCUT2D eigenvalue weighted by Gasteiger charge is -2.09. The normalized spacial score (nSPS) is 10.5. The largest absolute Gasteiger partial charge is 0.383 e. The zero-order valence-corrected chi connectivity index (χ0v) is 10.0. The lowest BCUT2D eigenvalue weighted by atomic mass is 10.3. The summed E-state index contributed by atoms with van der Waals surface area (Å²) in [6.45, 7) is 2.69. The van der Waals surface area contributed by atoms with Crippen LogP contribution in [0.1, 0.15) is 11.3 Å². The fraction of sp³-hybridized carbons (Fsp3) is 0.364. The summed E-state index contributed by atoms with van der Waals surface area (Å²) in [5.74, 6) is 1.31. The maximum atomic E-state index is 5.71. The van der Waals surface area contributed by atoms with Crippen molar-refractivity contribution in [1.29, 1.82) is 0 Å². The molecule has 3 N–H and O–H groups in total. The first-order chi connectivity index (χ1) is 8.18. The number of nitrogens with zero attached hydrogens (tertiary/aromatic N) is 4. The number of hydrogen-bond acceptors (Lipinski definition) is 5. The van der Waals surface area contributed by atoms with Gasteiger partial charge in [-0.05, 0) is 13.0 Å². The van der Waals surface area contributed by atoms with Crippen molar-refractivity contribution in [2.45, 2.75) is 13.3 Å². The van der Waals surface area contributed by atoms with Gasteiger partial charge in [0.25, 0.3) is 0 Å². The Bertz CT molecular complexity index is 504. The highest BCUT2D eigenvalue weighted by Crippen LogP contribution is 2.14. The van der Waals surface area contributed by atoms with Crippen molar-refractivity contribution in [3.63, 3.8) is 0 Å². The topological polar surface area (TPSA) is 81.7 Å². The number of hydrogen-bond donors (Lipinski definition) is 2. The van der Waals surface area contributed by atoms with Crippen LogP contribution in [0.5, 0.6) is 0 Å². The molecule has 0 amide bonds. The van der Waals surface area contributed by atoms with E-state index in [2.05, 4.69) is 20.4 Å². The van der Waals surface area contributed by atoms with E-state index in [1.54, 1.807) is 6.20 Å². The van der Waals surface area contributed by atoms with E-state index in [1.807, 2.05) is 24.7 Å². The van der Waals surface area contributed by atoms with Gasteiger partial charge >= 0.3 is 0 Å². The Labute approximate surface area is 99.9 Å². The van der Waals surface area contributed by atoms with Gasteiger partial charge in [0.1, 0.15) is 18.0 Å². The molecule has 0 unspecified atom stereocenters. The molecule has 2 rings (SSSR count). The van der Waals surface area contributed by atoms with Gasteiger partial charge in [-0.1, -0.05) is 0 Å². The highest BCUT2D eigenvalue weighted by molar-refractivity contribution is 5.53. The van der Waals surface area contributed by atoms with Gasteiger partial charge in [-0.25, -0.2) is 9.97 Å². The number of nitrogens with one attached hydrogen (secondary N) is 1. The van der Waals surface area contributed by atoms with Gasteiger partial charge in [-0.15, -0.1) is 0 Å². The first-order valence-corrected chi connectivity index (χ1v) is 5.46. The molecule has 0 atom stereocenters. The second-order valence-electron chi connectivity index (χ2n) is 3.86.